The summed E-state index contributed by atoms with van der Waals surface area (Å²) in [6, 6.07) is 16.0. The van der Waals surface area contributed by atoms with Crippen molar-refractivity contribution < 1.29 is 9.64 Å². The van der Waals surface area contributed by atoms with Gasteiger partial charge in [-0.25, -0.2) is 0 Å². The molecular formula is C21H25N2O2+. The lowest BCUT2D eigenvalue weighted by Crippen LogP contribution is -3.06. The molecule has 0 saturated heterocycles. The molecule has 1 unspecified atom stereocenters. The Labute approximate surface area is 148 Å². The van der Waals surface area contributed by atoms with E-state index in [2.05, 4.69) is 24.2 Å². The van der Waals surface area contributed by atoms with Gasteiger partial charge in [-0.2, -0.15) is 0 Å². The molecular weight excluding hydrogens is 312 g/mol. The third-order valence-corrected chi connectivity index (χ3v) is 4.42. The summed E-state index contributed by atoms with van der Waals surface area (Å²) < 4.78 is 5.54. The van der Waals surface area contributed by atoms with E-state index in [9.17, 15) is 4.79 Å². The van der Waals surface area contributed by atoms with Crippen molar-refractivity contribution in [2.45, 2.75) is 26.9 Å². The van der Waals surface area contributed by atoms with E-state index in [1.807, 2.05) is 50.2 Å². The second kappa shape index (κ2) is 7.53. The van der Waals surface area contributed by atoms with Gasteiger partial charge < -0.3 is 14.6 Å². The molecule has 0 saturated carbocycles. The van der Waals surface area contributed by atoms with Crippen LogP contribution in [0.4, 0.5) is 0 Å². The highest BCUT2D eigenvalue weighted by molar-refractivity contribution is 5.81. The van der Waals surface area contributed by atoms with Gasteiger partial charge in [-0.3, -0.25) is 4.79 Å². The van der Waals surface area contributed by atoms with Gasteiger partial charge in [0.1, 0.15) is 18.8 Å². The highest BCUT2D eigenvalue weighted by atomic mass is 16.5. The van der Waals surface area contributed by atoms with Crippen molar-refractivity contribution in [2.75, 3.05) is 13.7 Å². The molecule has 1 aromatic heterocycles. The van der Waals surface area contributed by atoms with E-state index in [0.717, 1.165) is 29.1 Å². The SMILES string of the molecule is CCOc1ccc2[nH]c(C)c(C[NH+](C)Cc3ccccc3)c(=O)c2c1. The Morgan fingerprint density at radius 3 is 2.56 bits per heavy atom. The summed E-state index contributed by atoms with van der Waals surface area (Å²) in [5.41, 5.74) is 4.01. The standard InChI is InChI=1S/C21H24N2O2/c1-4-25-17-10-11-20-18(12-17)21(24)19(15(2)22-20)14-23(3)13-16-8-6-5-7-9-16/h5-12H,4,13-14H2,1-3H3,(H,22,24)/p+1. The Morgan fingerprint density at radius 2 is 1.84 bits per heavy atom. The van der Waals surface area contributed by atoms with Gasteiger partial charge >= 0.3 is 0 Å². The zero-order valence-corrected chi connectivity index (χ0v) is 15.1. The fourth-order valence-corrected chi connectivity index (χ4v) is 3.21. The normalized spacial score (nSPS) is 12.3. The van der Waals surface area contributed by atoms with E-state index in [0.29, 0.717) is 18.5 Å². The molecule has 1 heterocycles. The molecule has 1 atom stereocenters. The number of H-pyrrole nitrogens is 1. The Bertz CT molecular complexity index is 916. The Morgan fingerprint density at radius 1 is 1.08 bits per heavy atom. The van der Waals surface area contributed by atoms with Gasteiger partial charge in [0.2, 0.25) is 0 Å². The van der Waals surface area contributed by atoms with Crippen molar-refractivity contribution in [3.63, 3.8) is 0 Å². The van der Waals surface area contributed by atoms with Gasteiger partial charge in [-0.1, -0.05) is 30.3 Å². The highest BCUT2D eigenvalue weighted by Crippen LogP contribution is 2.18. The van der Waals surface area contributed by atoms with Crippen molar-refractivity contribution in [2.24, 2.45) is 0 Å². The summed E-state index contributed by atoms with van der Waals surface area (Å²) in [6.07, 6.45) is 0. The largest absolute Gasteiger partial charge is 0.494 e. The molecule has 2 N–H and O–H groups in total. The molecule has 130 valence electrons. The van der Waals surface area contributed by atoms with Crippen LogP contribution in [0.1, 0.15) is 23.7 Å². The van der Waals surface area contributed by atoms with Crippen LogP contribution >= 0.6 is 0 Å². The molecule has 4 nitrogen and oxygen atoms in total. The van der Waals surface area contributed by atoms with Gasteiger partial charge in [-0.05, 0) is 32.0 Å². The number of fused-ring (bicyclic) bond motifs is 1. The van der Waals surface area contributed by atoms with Gasteiger partial charge in [-0.15, -0.1) is 0 Å². The Kier molecular flexibility index (Phi) is 5.19. The summed E-state index contributed by atoms with van der Waals surface area (Å²) in [6.45, 7) is 6.08. The van der Waals surface area contributed by atoms with Crippen molar-refractivity contribution in [3.8, 4) is 5.75 Å². The van der Waals surface area contributed by atoms with E-state index < -0.39 is 0 Å². The third kappa shape index (κ3) is 3.91. The predicted molar refractivity (Wildman–Crippen MR) is 101 cm³/mol. The van der Waals surface area contributed by atoms with Gasteiger partial charge in [0, 0.05) is 22.2 Å². The van der Waals surface area contributed by atoms with Crippen LogP contribution < -0.4 is 15.1 Å². The number of aromatic nitrogens is 1. The predicted octanol–water partition coefficient (Wildman–Crippen LogP) is 2.45. The molecule has 0 aliphatic carbocycles. The molecule has 3 aromatic rings. The number of hydrogen-bond acceptors (Lipinski definition) is 2. The zero-order valence-electron chi connectivity index (χ0n) is 15.1. The highest BCUT2D eigenvalue weighted by Gasteiger charge is 2.14. The summed E-state index contributed by atoms with van der Waals surface area (Å²) in [4.78, 5) is 17.7. The lowest BCUT2D eigenvalue weighted by Gasteiger charge is -2.16. The molecule has 0 fully saturated rings. The molecule has 0 spiro atoms. The molecule has 25 heavy (non-hydrogen) atoms. The van der Waals surface area contributed by atoms with E-state index in [-0.39, 0.29) is 5.43 Å². The average molecular weight is 337 g/mol. The second-order valence-electron chi connectivity index (χ2n) is 6.49. The molecule has 0 bridgehead atoms. The van der Waals surface area contributed by atoms with Crippen LogP contribution in [0.5, 0.6) is 5.75 Å². The number of quaternary nitrogens is 1. The van der Waals surface area contributed by atoms with E-state index in [1.54, 1.807) is 0 Å². The first-order chi connectivity index (χ1) is 12.1. The lowest BCUT2D eigenvalue weighted by atomic mass is 10.1. The Hall–Kier alpha value is -2.59. The smallest absolute Gasteiger partial charge is 0.198 e. The molecule has 4 heteroatoms. The van der Waals surface area contributed by atoms with Gasteiger partial charge in [0.25, 0.3) is 0 Å². The molecule has 0 amide bonds. The van der Waals surface area contributed by atoms with Crippen molar-refractivity contribution >= 4 is 10.9 Å². The second-order valence-corrected chi connectivity index (χ2v) is 6.49. The monoisotopic (exact) mass is 337 g/mol. The van der Waals surface area contributed by atoms with Crippen LogP contribution in [0.2, 0.25) is 0 Å². The van der Waals surface area contributed by atoms with E-state index in [4.69, 9.17) is 4.74 Å². The zero-order chi connectivity index (χ0) is 17.8. The number of rotatable bonds is 6. The number of ether oxygens (including phenoxy) is 1. The van der Waals surface area contributed by atoms with Crippen molar-refractivity contribution in [3.05, 3.63) is 75.6 Å². The van der Waals surface area contributed by atoms with Crippen LogP contribution in [0, 0.1) is 6.92 Å². The minimum Gasteiger partial charge on any atom is -0.494 e. The van der Waals surface area contributed by atoms with E-state index in [1.165, 1.54) is 10.5 Å². The number of aromatic amines is 1. The summed E-state index contributed by atoms with van der Waals surface area (Å²) in [5.74, 6) is 0.736. The van der Waals surface area contributed by atoms with Gasteiger partial charge in [0.15, 0.2) is 5.43 Å². The van der Waals surface area contributed by atoms with Gasteiger partial charge in [0.05, 0.1) is 19.2 Å². The van der Waals surface area contributed by atoms with Crippen LogP contribution in [0.25, 0.3) is 10.9 Å². The number of benzene rings is 2. The first-order valence-corrected chi connectivity index (χ1v) is 8.72. The number of hydrogen-bond donors (Lipinski definition) is 2. The van der Waals surface area contributed by atoms with Crippen LogP contribution in [-0.4, -0.2) is 18.6 Å². The number of aryl methyl sites for hydroxylation is 1. The average Bonchev–Trinajstić information content (AvgIpc) is 2.60. The summed E-state index contributed by atoms with van der Waals surface area (Å²) in [7, 11) is 2.12. The number of nitrogens with one attached hydrogen (secondary N) is 2. The van der Waals surface area contributed by atoms with Crippen molar-refractivity contribution in [1.82, 2.24) is 4.98 Å². The molecule has 3 rings (SSSR count). The van der Waals surface area contributed by atoms with Crippen LogP contribution in [0.3, 0.4) is 0 Å². The summed E-state index contributed by atoms with van der Waals surface area (Å²) >= 11 is 0. The maximum atomic E-state index is 13.0. The quantitative estimate of drug-likeness (QED) is 0.726. The lowest BCUT2D eigenvalue weighted by molar-refractivity contribution is -0.907. The minimum atomic E-state index is 0.0974. The molecule has 0 aliphatic heterocycles. The maximum absolute atomic E-state index is 13.0. The summed E-state index contributed by atoms with van der Waals surface area (Å²) in [5, 5.41) is 0.694. The third-order valence-electron chi connectivity index (χ3n) is 4.42. The fraction of sp³-hybridized carbons (Fsp3) is 0.286. The maximum Gasteiger partial charge on any atom is 0.198 e. The first-order valence-electron chi connectivity index (χ1n) is 8.72. The topological polar surface area (TPSA) is 46.5 Å². The van der Waals surface area contributed by atoms with Crippen molar-refractivity contribution in [1.29, 1.82) is 0 Å². The first kappa shape index (κ1) is 17.2. The fourth-order valence-electron chi connectivity index (χ4n) is 3.21. The van der Waals surface area contributed by atoms with Crippen LogP contribution in [0.15, 0.2) is 53.3 Å². The Balaban J connectivity index is 1.91. The van der Waals surface area contributed by atoms with Crippen LogP contribution in [-0.2, 0) is 13.1 Å². The molecule has 0 aliphatic rings. The molecule has 0 radical (unpaired) electrons. The van der Waals surface area contributed by atoms with E-state index >= 15 is 0 Å². The number of pyridine rings is 1. The minimum absolute atomic E-state index is 0.0974. The molecule has 2 aromatic carbocycles.